The molecule has 0 radical (unpaired) electrons. The molecule has 0 amide bonds. The lowest BCUT2D eigenvalue weighted by Crippen LogP contribution is -2.27. The fourth-order valence-electron chi connectivity index (χ4n) is 4.69. The third-order valence-electron chi connectivity index (χ3n) is 6.98. The summed E-state index contributed by atoms with van der Waals surface area (Å²) in [5.41, 5.74) is 1.72. The summed E-state index contributed by atoms with van der Waals surface area (Å²) in [7, 11) is 0. The van der Waals surface area contributed by atoms with E-state index in [1.165, 1.54) is 57.4 Å². The summed E-state index contributed by atoms with van der Waals surface area (Å²) >= 11 is 0. The Morgan fingerprint density at radius 3 is 2.00 bits per heavy atom. The van der Waals surface area contributed by atoms with Gasteiger partial charge in [-0.1, -0.05) is 102 Å². The molecule has 1 fully saturated rings. The number of ether oxygens (including phenoxy) is 3. The molecule has 0 saturated carbocycles. The Balaban J connectivity index is 1.47. The van der Waals surface area contributed by atoms with E-state index in [4.69, 9.17) is 14.2 Å². The SMILES string of the molecule is CCCCCCCCCOc1ccc(-c2ccc(C3OCC(CCCCCC)CO3)cc2)c(F)c1F. The van der Waals surface area contributed by atoms with E-state index in [0.717, 1.165) is 31.2 Å². The Bertz CT molecular complexity index is 876. The van der Waals surface area contributed by atoms with Gasteiger partial charge in [-0.05, 0) is 30.5 Å². The lowest BCUT2D eigenvalue weighted by molar-refractivity contribution is -0.206. The summed E-state index contributed by atoms with van der Waals surface area (Å²) in [4.78, 5) is 0. The zero-order chi connectivity index (χ0) is 25.6. The Kier molecular flexibility index (Phi) is 12.7. The third-order valence-corrected chi connectivity index (χ3v) is 6.98. The van der Waals surface area contributed by atoms with Crippen LogP contribution in [0, 0.1) is 17.6 Å². The maximum Gasteiger partial charge on any atom is 0.201 e. The highest BCUT2D eigenvalue weighted by Crippen LogP contribution is 2.32. The fourth-order valence-corrected chi connectivity index (χ4v) is 4.69. The molecule has 3 rings (SSSR count). The van der Waals surface area contributed by atoms with Crippen molar-refractivity contribution in [2.24, 2.45) is 5.92 Å². The summed E-state index contributed by atoms with van der Waals surface area (Å²) in [6, 6.07) is 10.4. The minimum absolute atomic E-state index is 0.0212. The van der Waals surface area contributed by atoms with Crippen LogP contribution in [0.4, 0.5) is 8.78 Å². The first kappa shape index (κ1) is 28.6. The highest BCUT2D eigenvalue weighted by molar-refractivity contribution is 5.65. The first-order valence-electron chi connectivity index (χ1n) is 14.1. The van der Waals surface area contributed by atoms with Crippen LogP contribution in [0.1, 0.15) is 103 Å². The predicted molar refractivity (Wildman–Crippen MR) is 142 cm³/mol. The zero-order valence-corrected chi connectivity index (χ0v) is 22.2. The number of unbranched alkanes of at least 4 members (excludes halogenated alkanes) is 9. The molecule has 3 nitrogen and oxygen atoms in total. The molecule has 0 bridgehead atoms. The van der Waals surface area contributed by atoms with Crippen LogP contribution in [-0.2, 0) is 9.47 Å². The van der Waals surface area contributed by atoms with Gasteiger partial charge in [0, 0.05) is 17.0 Å². The number of rotatable bonds is 16. The molecular weight excluding hydrogens is 458 g/mol. The molecule has 0 atom stereocenters. The number of benzene rings is 2. The van der Waals surface area contributed by atoms with Crippen LogP contribution in [-0.4, -0.2) is 19.8 Å². The van der Waals surface area contributed by atoms with Crippen LogP contribution in [0.5, 0.6) is 5.75 Å². The average Bonchev–Trinajstić information content (AvgIpc) is 2.91. The van der Waals surface area contributed by atoms with Crippen LogP contribution in [0.3, 0.4) is 0 Å². The van der Waals surface area contributed by atoms with Gasteiger partial charge in [-0.15, -0.1) is 0 Å². The zero-order valence-electron chi connectivity index (χ0n) is 22.2. The van der Waals surface area contributed by atoms with Crippen molar-refractivity contribution in [3.63, 3.8) is 0 Å². The highest BCUT2D eigenvalue weighted by atomic mass is 19.2. The minimum Gasteiger partial charge on any atom is -0.490 e. The van der Waals surface area contributed by atoms with E-state index in [2.05, 4.69) is 13.8 Å². The lowest BCUT2D eigenvalue weighted by atomic mass is 10.0. The molecule has 2 aromatic rings. The molecule has 0 unspecified atom stereocenters. The van der Waals surface area contributed by atoms with Crippen LogP contribution >= 0.6 is 0 Å². The van der Waals surface area contributed by atoms with Gasteiger partial charge in [0.25, 0.3) is 0 Å². The Morgan fingerprint density at radius 1 is 0.722 bits per heavy atom. The van der Waals surface area contributed by atoms with Crippen molar-refractivity contribution >= 4 is 0 Å². The molecule has 0 N–H and O–H groups in total. The molecular formula is C31H44F2O3. The van der Waals surface area contributed by atoms with Gasteiger partial charge < -0.3 is 14.2 Å². The summed E-state index contributed by atoms with van der Waals surface area (Å²) in [5.74, 6) is -1.38. The topological polar surface area (TPSA) is 27.7 Å². The number of halogens is 2. The van der Waals surface area contributed by atoms with Gasteiger partial charge in [0.1, 0.15) is 0 Å². The van der Waals surface area contributed by atoms with Gasteiger partial charge in [-0.3, -0.25) is 0 Å². The summed E-state index contributed by atoms with van der Waals surface area (Å²) < 4.78 is 46.9. The van der Waals surface area contributed by atoms with Gasteiger partial charge >= 0.3 is 0 Å². The highest BCUT2D eigenvalue weighted by Gasteiger charge is 2.23. The Hall–Kier alpha value is -1.98. The van der Waals surface area contributed by atoms with E-state index < -0.39 is 17.9 Å². The molecule has 2 aromatic carbocycles. The second-order valence-corrected chi connectivity index (χ2v) is 10.0. The molecule has 1 heterocycles. The molecule has 200 valence electrons. The standard InChI is InChI=1S/C31H44F2O3/c1-3-5-7-9-10-11-13-21-34-28-20-19-27(29(32)30(28)33)25-15-17-26(18-16-25)31-35-22-24(23-36-31)14-12-8-6-4-2/h15-20,24,31H,3-14,21-23H2,1-2H3. The molecule has 1 aliphatic heterocycles. The molecule has 0 aromatic heterocycles. The minimum atomic E-state index is -0.927. The average molecular weight is 503 g/mol. The fraction of sp³-hybridized carbons (Fsp3) is 0.613. The van der Waals surface area contributed by atoms with Gasteiger partial charge in [-0.25, -0.2) is 4.39 Å². The number of hydrogen-bond acceptors (Lipinski definition) is 3. The summed E-state index contributed by atoms with van der Waals surface area (Å²) in [6.45, 7) is 6.21. The second-order valence-electron chi connectivity index (χ2n) is 10.0. The van der Waals surface area contributed by atoms with E-state index in [9.17, 15) is 8.78 Å². The normalized spacial score (nSPS) is 17.9. The molecule has 0 aliphatic carbocycles. The van der Waals surface area contributed by atoms with Crippen molar-refractivity contribution in [3.8, 4) is 16.9 Å². The quantitative estimate of drug-likeness (QED) is 0.214. The van der Waals surface area contributed by atoms with Gasteiger partial charge in [0.05, 0.1) is 19.8 Å². The Morgan fingerprint density at radius 2 is 1.33 bits per heavy atom. The maximum absolute atomic E-state index is 14.8. The van der Waals surface area contributed by atoms with E-state index in [1.807, 2.05) is 12.1 Å². The van der Waals surface area contributed by atoms with Crippen LogP contribution in [0.15, 0.2) is 36.4 Å². The monoisotopic (exact) mass is 502 g/mol. The molecule has 5 heteroatoms. The first-order chi connectivity index (χ1) is 17.6. The molecule has 1 saturated heterocycles. The van der Waals surface area contributed by atoms with Crippen molar-refractivity contribution in [1.29, 1.82) is 0 Å². The van der Waals surface area contributed by atoms with Crippen LogP contribution in [0.25, 0.3) is 11.1 Å². The first-order valence-corrected chi connectivity index (χ1v) is 14.1. The van der Waals surface area contributed by atoms with Crippen molar-refractivity contribution in [1.82, 2.24) is 0 Å². The van der Waals surface area contributed by atoms with E-state index in [0.29, 0.717) is 31.3 Å². The number of hydrogen-bond donors (Lipinski definition) is 0. The summed E-state index contributed by atoms with van der Waals surface area (Å²) in [6.07, 6.45) is 13.8. The largest absolute Gasteiger partial charge is 0.490 e. The van der Waals surface area contributed by atoms with E-state index >= 15 is 0 Å². The molecule has 1 aliphatic rings. The molecule has 0 spiro atoms. The molecule has 36 heavy (non-hydrogen) atoms. The van der Waals surface area contributed by atoms with Crippen molar-refractivity contribution < 1.29 is 23.0 Å². The van der Waals surface area contributed by atoms with E-state index in [-0.39, 0.29) is 11.3 Å². The van der Waals surface area contributed by atoms with Crippen LogP contribution in [0.2, 0.25) is 0 Å². The second kappa shape index (κ2) is 16.0. The van der Waals surface area contributed by atoms with Gasteiger partial charge in [-0.2, -0.15) is 4.39 Å². The predicted octanol–water partition coefficient (Wildman–Crippen LogP) is 9.39. The van der Waals surface area contributed by atoms with Gasteiger partial charge in [0.2, 0.25) is 5.82 Å². The summed E-state index contributed by atoms with van der Waals surface area (Å²) in [5, 5.41) is 0. The Labute approximate surface area is 216 Å². The van der Waals surface area contributed by atoms with Crippen molar-refractivity contribution in [2.75, 3.05) is 19.8 Å². The lowest BCUT2D eigenvalue weighted by Gasteiger charge is -2.29. The third kappa shape index (κ3) is 8.85. The smallest absolute Gasteiger partial charge is 0.201 e. The maximum atomic E-state index is 14.8. The van der Waals surface area contributed by atoms with Gasteiger partial charge in [0.15, 0.2) is 17.9 Å². The van der Waals surface area contributed by atoms with E-state index in [1.54, 1.807) is 18.2 Å². The van der Waals surface area contributed by atoms with Crippen LogP contribution < -0.4 is 4.74 Å². The van der Waals surface area contributed by atoms with Crippen molar-refractivity contribution in [2.45, 2.75) is 97.2 Å². The van der Waals surface area contributed by atoms with Crippen molar-refractivity contribution in [3.05, 3.63) is 53.6 Å².